The number of halogens is 1. The van der Waals surface area contributed by atoms with Gasteiger partial charge in [0.25, 0.3) is 0 Å². The van der Waals surface area contributed by atoms with Crippen LogP contribution in [0, 0.1) is 0 Å². The third-order valence-corrected chi connectivity index (χ3v) is 6.35. The molecule has 0 nitrogen and oxygen atoms in total. The highest BCUT2D eigenvalue weighted by atomic mass is 35.5. The lowest BCUT2D eigenvalue weighted by Gasteiger charge is -2.22. The van der Waals surface area contributed by atoms with Crippen LogP contribution in [0.5, 0.6) is 0 Å². The van der Waals surface area contributed by atoms with E-state index in [9.17, 15) is 0 Å². The van der Waals surface area contributed by atoms with Gasteiger partial charge >= 0.3 is 0 Å². The Morgan fingerprint density at radius 2 is 1.73 bits per heavy atom. The molecule has 0 bridgehead atoms. The van der Waals surface area contributed by atoms with Crippen LogP contribution in [0.15, 0.2) is 0 Å². The van der Waals surface area contributed by atoms with E-state index in [-0.39, 0.29) is 0 Å². The molecule has 0 aliphatic rings. The van der Waals surface area contributed by atoms with Crippen LogP contribution in [-0.4, -0.2) is 13.1 Å². The van der Waals surface area contributed by atoms with Gasteiger partial charge in [0, 0.05) is 5.00 Å². The molecule has 0 aliphatic carbocycles. The van der Waals surface area contributed by atoms with Gasteiger partial charge in [-0.1, -0.05) is 45.8 Å². The van der Waals surface area contributed by atoms with E-state index >= 15 is 0 Å². The minimum atomic E-state index is -1.05. The fourth-order valence-corrected chi connectivity index (χ4v) is 2.23. The molecule has 0 spiro atoms. The van der Waals surface area contributed by atoms with Gasteiger partial charge in [0.1, 0.15) is 0 Å². The van der Waals surface area contributed by atoms with Gasteiger partial charge in [-0.2, -0.15) is 0 Å². The van der Waals surface area contributed by atoms with E-state index in [1.165, 1.54) is 25.7 Å². The molecular weight excluding hydrogens is 172 g/mol. The van der Waals surface area contributed by atoms with E-state index in [1.807, 2.05) is 0 Å². The highest BCUT2D eigenvalue weighted by Gasteiger charge is 2.23. The first kappa shape index (κ1) is 11.5. The Morgan fingerprint density at radius 1 is 1.18 bits per heavy atom. The van der Waals surface area contributed by atoms with Crippen LogP contribution in [0.1, 0.15) is 32.6 Å². The summed E-state index contributed by atoms with van der Waals surface area (Å²) in [6.45, 7) is 9.27. The van der Waals surface area contributed by atoms with Gasteiger partial charge < -0.3 is 0 Å². The summed E-state index contributed by atoms with van der Waals surface area (Å²) in [5.74, 6) is 0. The topological polar surface area (TPSA) is 0 Å². The second-order valence-electron chi connectivity index (χ2n) is 4.33. The average molecular weight is 193 g/mol. The number of unbranched alkanes of at least 4 members (excludes halogenated alkanes) is 2. The molecule has 68 valence electrons. The van der Waals surface area contributed by atoms with E-state index in [2.05, 4.69) is 26.6 Å². The average Bonchev–Trinajstić information content (AvgIpc) is 1.86. The zero-order valence-electron chi connectivity index (χ0n) is 8.28. The molecule has 0 aliphatic heterocycles. The number of rotatable bonds is 5. The smallest absolute Gasteiger partial charge is 0.0648 e. The van der Waals surface area contributed by atoms with Crippen molar-refractivity contribution in [3.63, 3.8) is 0 Å². The summed E-state index contributed by atoms with van der Waals surface area (Å²) in [6.07, 6.45) is 5.18. The molecule has 0 amide bonds. The molecule has 0 N–H and O–H groups in total. The number of hydrogen-bond donors (Lipinski definition) is 0. The fraction of sp³-hybridized carbons (Fsp3) is 1.00. The van der Waals surface area contributed by atoms with E-state index in [4.69, 9.17) is 11.6 Å². The maximum absolute atomic E-state index is 6.25. The Hall–Kier alpha value is 0.507. The minimum absolute atomic E-state index is 0.481. The summed E-state index contributed by atoms with van der Waals surface area (Å²) in [6, 6.07) is 0. The van der Waals surface area contributed by atoms with Gasteiger partial charge in [0.05, 0.1) is 8.07 Å². The Balaban J connectivity index is 3.44. The fourth-order valence-electron chi connectivity index (χ4n) is 1.01. The quantitative estimate of drug-likeness (QED) is 0.350. The van der Waals surface area contributed by atoms with Crippen molar-refractivity contribution in [3.8, 4) is 0 Å². The lowest BCUT2D eigenvalue weighted by Crippen LogP contribution is -2.33. The van der Waals surface area contributed by atoms with Crippen LogP contribution in [0.3, 0.4) is 0 Å². The molecule has 0 fully saturated rings. The van der Waals surface area contributed by atoms with Gasteiger partial charge in [-0.15, -0.1) is 11.6 Å². The molecule has 0 saturated carbocycles. The first-order chi connectivity index (χ1) is 4.98. The Labute approximate surface area is 77.3 Å². The summed E-state index contributed by atoms with van der Waals surface area (Å²) in [5, 5.41) is 0.481. The zero-order chi connectivity index (χ0) is 8.91. The van der Waals surface area contributed by atoms with Crippen molar-refractivity contribution in [1.29, 1.82) is 0 Å². The normalized spacial score (nSPS) is 15.0. The van der Waals surface area contributed by atoms with Gasteiger partial charge in [0.2, 0.25) is 0 Å². The summed E-state index contributed by atoms with van der Waals surface area (Å²) in [4.78, 5) is 0. The van der Waals surface area contributed by atoms with Crippen LogP contribution in [-0.2, 0) is 0 Å². The first-order valence-corrected chi connectivity index (χ1v) is 8.64. The molecule has 11 heavy (non-hydrogen) atoms. The molecule has 1 unspecified atom stereocenters. The van der Waals surface area contributed by atoms with Crippen molar-refractivity contribution in [3.05, 3.63) is 0 Å². The SMILES string of the molecule is CCCCCC(Cl)[Si](C)(C)C. The highest BCUT2D eigenvalue weighted by molar-refractivity contribution is 6.83. The molecule has 0 radical (unpaired) electrons. The number of hydrogen-bond acceptors (Lipinski definition) is 0. The third kappa shape index (κ3) is 5.74. The Kier molecular flexibility index (Phi) is 5.45. The molecule has 0 rings (SSSR count). The van der Waals surface area contributed by atoms with Crippen molar-refractivity contribution in [2.45, 2.75) is 57.2 Å². The zero-order valence-corrected chi connectivity index (χ0v) is 10.0. The van der Waals surface area contributed by atoms with Crippen molar-refractivity contribution < 1.29 is 0 Å². The molecule has 0 aromatic heterocycles. The van der Waals surface area contributed by atoms with Gasteiger partial charge in [-0.25, -0.2) is 0 Å². The summed E-state index contributed by atoms with van der Waals surface area (Å²) < 4.78 is 0. The Morgan fingerprint density at radius 3 is 2.09 bits per heavy atom. The first-order valence-electron chi connectivity index (χ1n) is 4.62. The van der Waals surface area contributed by atoms with Gasteiger partial charge in [-0.3, -0.25) is 0 Å². The largest absolute Gasteiger partial charge is 0.127 e. The second kappa shape index (κ2) is 5.21. The van der Waals surface area contributed by atoms with Crippen LogP contribution < -0.4 is 0 Å². The molecule has 2 heteroatoms. The van der Waals surface area contributed by atoms with Crippen LogP contribution >= 0.6 is 11.6 Å². The molecule has 0 aromatic carbocycles. The molecule has 0 aromatic rings. The Bertz CT molecular complexity index is 96.2. The third-order valence-electron chi connectivity index (χ3n) is 2.00. The predicted molar refractivity (Wildman–Crippen MR) is 57.1 cm³/mol. The summed E-state index contributed by atoms with van der Waals surface area (Å²) >= 11 is 6.25. The maximum atomic E-state index is 6.25. The highest BCUT2D eigenvalue weighted by Crippen LogP contribution is 2.19. The molecular formula is C9H21ClSi. The van der Waals surface area contributed by atoms with E-state index in [0.29, 0.717) is 5.00 Å². The van der Waals surface area contributed by atoms with E-state index < -0.39 is 8.07 Å². The van der Waals surface area contributed by atoms with Crippen molar-refractivity contribution in [1.82, 2.24) is 0 Å². The van der Waals surface area contributed by atoms with Crippen molar-refractivity contribution in [2.24, 2.45) is 0 Å². The maximum Gasteiger partial charge on any atom is 0.0648 e. The lowest BCUT2D eigenvalue weighted by molar-refractivity contribution is 0.686. The van der Waals surface area contributed by atoms with Crippen LogP contribution in [0.25, 0.3) is 0 Å². The van der Waals surface area contributed by atoms with E-state index in [0.717, 1.165) is 0 Å². The number of alkyl halides is 1. The van der Waals surface area contributed by atoms with Crippen LogP contribution in [0.4, 0.5) is 0 Å². The monoisotopic (exact) mass is 192 g/mol. The summed E-state index contributed by atoms with van der Waals surface area (Å²) in [5.41, 5.74) is 0. The standard InChI is InChI=1S/C9H21ClSi/c1-5-6-7-8-9(10)11(2,3)4/h9H,5-8H2,1-4H3. The van der Waals surface area contributed by atoms with E-state index in [1.54, 1.807) is 0 Å². The van der Waals surface area contributed by atoms with Gasteiger partial charge in [0.15, 0.2) is 0 Å². The minimum Gasteiger partial charge on any atom is -0.127 e. The molecule has 0 heterocycles. The molecule has 0 saturated heterocycles. The predicted octanol–water partition coefficient (Wildman–Crippen LogP) is 4.05. The lowest BCUT2D eigenvalue weighted by atomic mass is 10.2. The van der Waals surface area contributed by atoms with Crippen LogP contribution in [0.2, 0.25) is 19.6 Å². The van der Waals surface area contributed by atoms with Crippen molar-refractivity contribution >= 4 is 19.7 Å². The molecule has 1 atom stereocenters. The van der Waals surface area contributed by atoms with Crippen molar-refractivity contribution in [2.75, 3.05) is 0 Å². The van der Waals surface area contributed by atoms with Gasteiger partial charge in [-0.05, 0) is 6.42 Å². The second-order valence-corrected chi connectivity index (χ2v) is 10.7. The summed E-state index contributed by atoms with van der Waals surface area (Å²) in [7, 11) is -1.05.